The lowest BCUT2D eigenvalue weighted by Gasteiger charge is -2.16. The summed E-state index contributed by atoms with van der Waals surface area (Å²) in [7, 11) is 0. The molecule has 1 aromatic heterocycles. The molecule has 0 saturated carbocycles. The highest BCUT2D eigenvalue weighted by atomic mass is 16.5. The van der Waals surface area contributed by atoms with E-state index in [-0.39, 0.29) is 6.04 Å². The Labute approximate surface area is 127 Å². The maximum absolute atomic E-state index is 6.12. The number of nitrogens with zero attached hydrogens (tertiary/aromatic N) is 1. The number of aryl methyl sites for hydroxylation is 1. The van der Waals surface area contributed by atoms with Gasteiger partial charge in [0, 0.05) is 17.8 Å². The summed E-state index contributed by atoms with van der Waals surface area (Å²) >= 11 is 0. The maximum atomic E-state index is 6.12. The Morgan fingerprint density at radius 3 is 2.62 bits per heavy atom. The number of aromatic nitrogens is 1. The Hall–Kier alpha value is -1.87. The lowest BCUT2D eigenvalue weighted by Crippen LogP contribution is -2.18. The first-order valence-corrected chi connectivity index (χ1v) is 7.45. The minimum atomic E-state index is 0.0821. The van der Waals surface area contributed by atoms with Crippen LogP contribution in [0.5, 0.6) is 11.6 Å². The maximum Gasteiger partial charge on any atom is 0.222 e. The predicted octanol–water partition coefficient (Wildman–Crippen LogP) is 4.20. The molecule has 1 heterocycles. The molecule has 2 rings (SSSR count). The topological polar surface area (TPSA) is 48.1 Å². The molecule has 0 spiro atoms. The largest absolute Gasteiger partial charge is 0.438 e. The van der Waals surface area contributed by atoms with Gasteiger partial charge in [0.1, 0.15) is 5.75 Å². The lowest BCUT2D eigenvalue weighted by molar-refractivity contribution is 0.445. The number of pyridine rings is 1. The highest BCUT2D eigenvalue weighted by Crippen LogP contribution is 2.32. The van der Waals surface area contributed by atoms with Gasteiger partial charge in [-0.1, -0.05) is 32.0 Å². The molecule has 0 aliphatic rings. The molecule has 0 aliphatic carbocycles. The molecule has 1 aromatic carbocycles. The van der Waals surface area contributed by atoms with Crippen LogP contribution in [0, 0.1) is 6.92 Å². The van der Waals surface area contributed by atoms with Crippen molar-refractivity contribution >= 4 is 0 Å². The van der Waals surface area contributed by atoms with E-state index in [2.05, 4.69) is 44.0 Å². The molecule has 2 N–H and O–H groups in total. The summed E-state index contributed by atoms with van der Waals surface area (Å²) in [6.07, 6.45) is 2.51. The Morgan fingerprint density at radius 1 is 1.19 bits per heavy atom. The van der Waals surface area contributed by atoms with Crippen LogP contribution in [0.3, 0.4) is 0 Å². The quantitative estimate of drug-likeness (QED) is 0.895. The van der Waals surface area contributed by atoms with Crippen LogP contribution in [0.25, 0.3) is 0 Å². The van der Waals surface area contributed by atoms with Crippen molar-refractivity contribution in [1.29, 1.82) is 0 Å². The molecule has 2 aromatic rings. The third-order valence-electron chi connectivity index (χ3n) is 3.39. The van der Waals surface area contributed by atoms with Gasteiger partial charge in [-0.25, -0.2) is 4.98 Å². The minimum absolute atomic E-state index is 0.0821. The fourth-order valence-electron chi connectivity index (χ4n) is 2.33. The average Bonchev–Trinajstić information content (AvgIpc) is 2.40. The Bertz CT molecular complexity index is 606. The first-order chi connectivity index (χ1) is 9.97. The minimum Gasteiger partial charge on any atom is -0.438 e. The van der Waals surface area contributed by atoms with E-state index >= 15 is 0 Å². The number of hydrogen-bond acceptors (Lipinski definition) is 3. The van der Waals surface area contributed by atoms with Gasteiger partial charge in [0.15, 0.2) is 0 Å². The van der Waals surface area contributed by atoms with Gasteiger partial charge >= 0.3 is 0 Å². The van der Waals surface area contributed by atoms with Crippen LogP contribution in [0.4, 0.5) is 0 Å². The Kier molecular flexibility index (Phi) is 4.97. The second-order valence-corrected chi connectivity index (χ2v) is 5.95. The van der Waals surface area contributed by atoms with E-state index in [0.717, 1.165) is 17.7 Å². The molecule has 112 valence electrons. The molecule has 0 saturated heterocycles. The fraction of sp³-hybridized carbons (Fsp3) is 0.389. The van der Waals surface area contributed by atoms with Crippen LogP contribution < -0.4 is 10.5 Å². The van der Waals surface area contributed by atoms with E-state index in [0.29, 0.717) is 11.8 Å². The lowest BCUT2D eigenvalue weighted by atomic mass is 10.0. The summed E-state index contributed by atoms with van der Waals surface area (Å²) in [5.41, 5.74) is 9.32. The van der Waals surface area contributed by atoms with Crippen molar-refractivity contribution in [3.8, 4) is 11.6 Å². The highest BCUT2D eigenvalue weighted by Gasteiger charge is 2.13. The molecular formula is C18H24N2O. The second-order valence-electron chi connectivity index (χ2n) is 5.95. The highest BCUT2D eigenvalue weighted by molar-refractivity contribution is 5.42. The predicted molar refractivity (Wildman–Crippen MR) is 86.9 cm³/mol. The number of benzene rings is 1. The van der Waals surface area contributed by atoms with Crippen LogP contribution in [0.2, 0.25) is 0 Å². The normalized spacial score (nSPS) is 12.5. The monoisotopic (exact) mass is 284 g/mol. The third kappa shape index (κ3) is 4.05. The van der Waals surface area contributed by atoms with E-state index < -0.39 is 0 Å². The van der Waals surface area contributed by atoms with Crippen molar-refractivity contribution in [3.05, 3.63) is 53.2 Å². The zero-order chi connectivity index (χ0) is 15.4. The number of ether oxygens (including phenoxy) is 1. The molecule has 0 bridgehead atoms. The summed E-state index contributed by atoms with van der Waals surface area (Å²) in [5, 5.41) is 0. The van der Waals surface area contributed by atoms with Crippen LogP contribution in [-0.4, -0.2) is 11.0 Å². The van der Waals surface area contributed by atoms with E-state index in [1.807, 2.05) is 19.1 Å². The van der Waals surface area contributed by atoms with Crippen LogP contribution in [0.1, 0.15) is 43.4 Å². The van der Waals surface area contributed by atoms with Crippen molar-refractivity contribution in [3.63, 3.8) is 0 Å². The van der Waals surface area contributed by atoms with Crippen molar-refractivity contribution in [1.82, 2.24) is 4.98 Å². The van der Waals surface area contributed by atoms with Crippen LogP contribution in [-0.2, 0) is 6.42 Å². The number of nitrogens with two attached hydrogens (primary N) is 1. The summed E-state index contributed by atoms with van der Waals surface area (Å²) in [5.74, 6) is 1.94. The molecule has 1 atom stereocenters. The standard InChI is InChI=1S/C18H24N2O/c1-12(2)16-8-7-13(3)10-17(16)21-18-15(11-14(4)19)6-5-9-20-18/h5-10,12,14H,11,19H2,1-4H3. The first-order valence-electron chi connectivity index (χ1n) is 7.45. The molecular weight excluding hydrogens is 260 g/mol. The summed E-state index contributed by atoms with van der Waals surface area (Å²) < 4.78 is 6.12. The molecule has 0 radical (unpaired) electrons. The average molecular weight is 284 g/mol. The first kappa shape index (κ1) is 15.5. The summed E-state index contributed by atoms with van der Waals surface area (Å²) in [6, 6.07) is 10.3. The SMILES string of the molecule is Cc1ccc(C(C)C)c(Oc2ncccc2CC(C)N)c1. The van der Waals surface area contributed by atoms with Gasteiger partial charge in [0.05, 0.1) is 0 Å². The molecule has 0 amide bonds. The van der Waals surface area contributed by atoms with Gasteiger partial charge < -0.3 is 10.5 Å². The van der Waals surface area contributed by atoms with E-state index in [4.69, 9.17) is 10.5 Å². The molecule has 0 fully saturated rings. The Balaban J connectivity index is 2.36. The van der Waals surface area contributed by atoms with Gasteiger partial charge in [-0.3, -0.25) is 0 Å². The van der Waals surface area contributed by atoms with Gasteiger partial charge in [0.25, 0.3) is 0 Å². The van der Waals surface area contributed by atoms with E-state index in [1.165, 1.54) is 11.1 Å². The van der Waals surface area contributed by atoms with Gasteiger partial charge in [-0.05, 0) is 49.4 Å². The number of hydrogen-bond donors (Lipinski definition) is 1. The smallest absolute Gasteiger partial charge is 0.222 e. The van der Waals surface area contributed by atoms with Crippen LogP contribution in [0.15, 0.2) is 36.5 Å². The van der Waals surface area contributed by atoms with Crippen molar-refractivity contribution in [2.24, 2.45) is 5.73 Å². The van der Waals surface area contributed by atoms with Crippen molar-refractivity contribution < 1.29 is 4.74 Å². The van der Waals surface area contributed by atoms with Crippen molar-refractivity contribution in [2.75, 3.05) is 0 Å². The van der Waals surface area contributed by atoms with E-state index in [1.54, 1.807) is 6.20 Å². The Morgan fingerprint density at radius 2 is 1.95 bits per heavy atom. The molecule has 21 heavy (non-hydrogen) atoms. The molecule has 3 heteroatoms. The summed E-state index contributed by atoms with van der Waals surface area (Å²) in [4.78, 5) is 4.38. The number of rotatable bonds is 5. The zero-order valence-electron chi connectivity index (χ0n) is 13.3. The van der Waals surface area contributed by atoms with Crippen molar-refractivity contribution in [2.45, 2.75) is 46.1 Å². The fourth-order valence-corrected chi connectivity index (χ4v) is 2.33. The van der Waals surface area contributed by atoms with E-state index in [9.17, 15) is 0 Å². The molecule has 1 unspecified atom stereocenters. The second kappa shape index (κ2) is 6.72. The summed E-state index contributed by atoms with van der Waals surface area (Å²) in [6.45, 7) is 8.39. The van der Waals surface area contributed by atoms with Crippen LogP contribution >= 0.6 is 0 Å². The van der Waals surface area contributed by atoms with Gasteiger partial charge in [0.2, 0.25) is 5.88 Å². The third-order valence-corrected chi connectivity index (χ3v) is 3.39. The zero-order valence-corrected chi connectivity index (χ0v) is 13.3. The van der Waals surface area contributed by atoms with Gasteiger partial charge in [-0.2, -0.15) is 0 Å². The molecule has 0 aliphatic heterocycles. The van der Waals surface area contributed by atoms with Gasteiger partial charge in [-0.15, -0.1) is 0 Å². The molecule has 3 nitrogen and oxygen atoms in total.